The summed E-state index contributed by atoms with van der Waals surface area (Å²) in [5.41, 5.74) is 15.2. The lowest BCUT2D eigenvalue weighted by molar-refractivity contribution is -0.137. The van der Waals surface area contributed by atoms with E-state index < -0.39 is 18.0 Å². The van der Waals surface area contributed by atoms with Gasteiger partial charge in [-0.15, -0.1) is 0 Å². The van der Waals surface area contributed by atoms with Gasteiger partial charge in [0.05, 0.1) is 38.3 Å². The normalized spacial score (nSPS) is 19.2. The number of nitrogens with one attached hydrogen (secondary N) is 2. The number of amides is 4. The molecule has 1 aliphatic carbocycles. The highest BCUT2D eigenvalue weighted by molar-refractivity contribution is 6.08. The van der Waals surface area contributed by atoms with Crippen molar-refractivity contribution in [2.45, 2.75) is 204 Å². The van der Waals surface area contributed by atoms with Gasteiger partial charge >= 0.3 is 0 Å². The Morgan fingerprint density at radius 1 is 0.533 bits per heavy atom. The summed E-state index contributed by atoms with van der Waals surface area (Å²) in [5, 5.41) is 25.8. The number of ketones is 2. The molecule has 18 heteroatoms. The number of hydrogen-bond acceptors (Lipinski definition) is 15. The van der Waals surface area contributed by atoms with Crippen molar-refractivity contribution in [2.24, 2.45) is 11.8 Å². The minimum Gasteiger partial charge on any atom is -0.508 e. The Hall–Kier alpha value is -11.2. The molecule has 18 nitrogen and oxygen atoms in total. The van der Waals surface area contributed by atoms with Gasteiger partial charge in [-0.05, 0) is 200 Å². The van der Waals surface area contributed by atoms with Crippen LogP contribution in [0.1, 0.15) is 254 Å². The molecule has 16 rings (SSSR count). The number of imide groups is 1. The topological polar surface area (TPSA) is 219 Å². The average molecular weight is 1630 g/mol. The summed E-state index contributed by atoms with van der Waals surface area (Å²) in [6, 6.07) is 60.0. The second kappa shape index (κ2) is 48.8. The Morgan fingerprint density at radius 3 is 1.58 bits per heavy atom. The molecule has 7 aliphatic heterocycles. The van der Waals surface area contributed by atoms with Gasteiger partial charge < -0.3 is 44.6 Å². The first-order chi connectivity index (χ1) is 58.1. The first-order valence-electron chi connectivity index (χ1n) is 43.3. The molecule has 4 fully saturated rings. The van der Waals surface area contributed by atoms with E-state index in [2.05, 4.69) is 159 Å². The molecule has 4 N–H and O–H groups in total. The number of aromatic hydroxyl groups is 2. The van der Waals surface area contributed by atoms with E-state index in [9.17, 15) is 43.8 Å². The van der Waals surface area contributed by atoms with Crippen LogP contribution >= 0.6 is 0 Å². The molecule has 6 atom stereocenters. The molecule has 8 aromatic carbocycles. The fourth-order valence-corrected chi connectivity index (χ4v) is 16.8. The number of anilines is 2. The molecule has 3 saturated heterocycles. The van der Waals surface area contributed by atoms with Gasteiger partial charge in [-0.2, -0.15) is 0 Å². The van der Waals surface area contributed by atoms with Gasteiger partial charge in [-0.3, -0.25) is 43.8 Å². The van der Waals surface area contributed by atoms with E-state index >= 15 is 0 Å². The number of phenols is 2. The second-order valence-corrected chi connectivity index (χ2v) is 29.3. The fourth-order valence-electron chi connectivity index (χ4n) is 16.8. The van der Waals surface area contributed by atoms with E-state index in [1.54, 1.807) is 47.4 Å². The Kier molecular flexibility index (Phi) is 39.0. The lowest BCUT2D eigenvalue weighted by atomic mass is 9.76. The lowest BCUT2D eigenvalue weighted by Gasteiger charge is -2.36. The number of rotatable bonds is 13. The summed E-state index contributed by atoms with van der Waals surface area (Å²) in [6.45, 7) is 32.8. The van der Waals surface area contributed by atoms with E-state index in [1.165, 1.54) is 56.9 Å². The highest BCUT2D eigenvalue weighted by Gasteiger charge is 2.42. The van der Waals surface area contributed by atoms with Gasteiger partial charge in [0.2, 0.25) is 11.8 Å². The Balaban J connectivity index is 0.000000252. The SMILES string of the molecule is C.CC.CC.CC.CC.CC.CC.CN(CC#Cc1ccc2c(c1)CN(C1CCC(=O)NC1=O)C2=O)CC1CCN(c2ccc(C3c4ccc(O)cc4OC[C@@H]3c3ccccc3)cc2)CC1.CNCC1CCN(c2ccc([C@@H]3c4ccc(O)cc4CO[C@@H]3c3ccccc3)cc2)CC1.O=CC#Cc1ccc2c(c1)CN(C1CCC(=O)CC1=O)C2=O. The van der Waals surface area contributed by atoms with Gasteiger partial charge in [0.25, 0.3) is 11.8 Å². The van der Waals surface area contributed by atoms with E-state index in [4.69, 9.17) is 9.47 Å². The molecule has 0 aromatic heterocycles. The highest BCUT2D eigenvalue weighted by Crippen LogP contribution is 2.49. The molecule has 0 spiro atoms. The van der Waals surface area contributed by atoms with Crippen LogP contribution in [0.4, 0.5) is 11.4 Å². The van der Waals surface area contributed by atoms with E-state index in [1.807, 2.05) is 127 Å². The summed E-state index contributed by atoms with van der Waals surface area (Å²) in [7, 11) is 4.17. The Morgan fingerprint density at radius 2 is 1.04 bits per heavy atom. The quantitative estimate of drug-likeness (QED) is 0.0365. The van der Waals surface area contributed by atoms with E-state index in [0.29, 0.717) is 86.8 Å². The molecule has 0 bridgehead atoms. The van der Waals surface area contributed by atoms with Crippen LogP contribution < -0.4 is 25.2 Å². The third-order valence-electron chi connectivity index (χ3n) is 22.4. The molecule has 7 heterocycles. The largest absolute Gasteiger partial charge is 0.508 e. The highest BCUT2D eigenvalue weighted by atomic mass is 16.5. The minimum absolute atomic E-state index is 0. The molecular weight excluding hydrogens is 1500 g/mol. The van der Waals surface area contributed by atoms with Crippen molar-refractivity contribution in [2.75, 3.05) is 76.3 Å². The maximum atomic E-state index is 13.0. The lowest BCUT2D eigenvalue weighted by Crippen LogP contribution is -2.52. The van der Waals surface area contributed by atoms with Crippen molar-refractivity contribution in [3.05, 3.63) is 254 Å². The number of piperidine rings is 3. The maximum Gasteiger partial charge on any atom is 0.255 e. The number of Topliss-reactive ketones (excluding diaryl/α,β-unsaturated/α-hetero) is 2. The number of aldehydes is 1. The molecule has 0 radical (unpaired) electrons. The van der Waals surface area contributed by atoms with Gasteiger partial charge in [0, 0.05) is 122 Å². The first-order valence-corrected chi connectivity index (χ1v) is 43.3. The van der Waals surface area contributed by atoms with Crippen LogP contribution in [-0.2, 0) is 48.4 Å². The summed E-state index contributed by atoms with van der Waals surface area (Å²) >= 11 is 0. The van der Waals surface area contributed by atoms with Crippen LogP contribution in [-0.4, -0.2) is 145 Å². The summed E-state index contributed by atoms with van der Waals surface area (Å²) in [4.78, 5) is 93.4. The van der Waals surface area contributed by atoms with Gasteiger partial charge in [0.1, 0.15) is 29.1 Å². The number of fused-ring (bicyclic) bond motifs is 4. The number of carbonyl (C=O) groups excluding carboxylic acids is 7. The Labute approximate surface area is 714 Å². The maximum absolute atomic E-state index is 13.0. The van der Waals surface area contributed by atoms with Gasteiger partial charge in [-0.1, -0.05) is 205 Å². The monoisotopic (exact) mass is 1630 g/mol. The third kappa shape index (κ3) is 24.3. The number of carbonyl (C=O) groups is 7. The van der Waals surface area contributed by atoms with Crippen LogP contribution in [0.5, 0.6) is 17.2 Å². The minimum atomic E-state index is -0.616. The van der Waals surface area contributed by atoms with Crippen LogP contribution in [0.2, 0.25) is 0 Å². The zero-order valence-electron chi connectivity index (χ0n) is 72.5. The zero-order chi connectivity index (χ0) is 86.1. The van der Waals surface area contributed by atoms with Crippen LogP contribution in [0.15, 0.2) is 182 Å². The number of phenolic OH excluding ortho intramolecular Hbond substituents is 2. The number of nitrogens with zero attached hydrogens (tertiary/aromatic N) is 5. The third-order valence-corrected chi connectivity index (χ3v) is 22.4. The van der Waals surface area contributed by atoms with Gasteiger partial charge in [-0.25, -0.2) is 0 Å². The van der Waals surface area contributed by atoms with Crippen molar-refractivity contribution >= 4 is 52.9 Å². The van der Waals surface area contributed by atoms with Crippen molar-refractivity contribution in [1.29, 1.82) is 0 Å². The van der Waals surface area contributed by atoms with Crippen molar-refractivity contribution in [3.8, 4) is 40.9 Å². The molecule has 120 heavy (non-hydrogen) atoms. The van der Waals surface area contributed by atoms with Crippen LogP contribution in [0, 0.1) is 35.5 Å². The number of hydrogen-bond donors (Lipinski definition) is 4. The van der Waals surface area contributed by atoms with Crippen molar-refractivity contribution in [1.82, 2.24) is 25.3 Å². The molecule has 3 unspecified atom stereocenters. The zero-order valence-corrected chi connectivity index (χ0v) is 72.5. The van der Waals surface area contributed by atoms with Crippen LogP contribution in [0.25, 0.3) is 0 Å². The number of ether oxygens (including phenoxy) is 2. The van der Waals surface area contributed by atoms with Crippen molar-refractivity contribution < 1.29 is 53.2 Å². The Bertz CT molecular complexity index is 4760. The molecule has 8 aliphatic rings. The molecule has 8 aromatic rings. The summed E-state index contributed by atoms with van der Waals surface area (Å²) in [5.74, 6) is 13.4. The standard InChI is InChI=1S/C44H44N4O5.C28H32N2O2.C17H13NO4.6C2H6.CH4/c1-46(21-5-6-29-9-15-36-33(24-29)27-48(44(36)52)39-17-18-41(50)45-43(39)51)26-30-19-22-47(23-20-30)34-12-10-32(11-13-34)42-37-16-14-35(49)25-40(37)53-28-38(42)31-7-3-2-4-8-31;1-29-18-20-13-15-30(16-14-20)24-9-7-21(8-10-24)27-26-12-11-25(31)17-23(26)19-32-28(27)22-5-3-2-4-6-22;19-7-1-2-11-3-5-14-12(8-11)10-18(17(14)22)15-6-4-13(20)9-16(15)21;6*1-2;/h2-4,7-16,24-25,30,38-39,42,49H,17-23,26-28H2,1H3,(H,45,50,51);2-12,17,20,27-29,31H,13-16,18-19H2,1H3;3,5,7-8,15H,4,6,9-10H2;6*1-2H3;1H4/t38-,39?,42?;27-,28-;;;;;;;;/m11......../s1. The van der Waals surface area contributed by atoms with E-state index in [0.717, 1.165) is 91.6 Å². The van der Waals surface area contributed by atoms with Crippen LogP contribution in [0.3, 0.4) is 0 Å². The summed E-state index contributed by atoms with van der Waals surface area (Å²) < 4.78 is 12.5. The molecule has 638 valence electrons. The molecule has 1 saturated carbocycles. The van der Waals surface area contributed by atoms with Gasteiger partial charge in [0.15, 0.2) is 12.1 Å². The molecular formula is C102H129N7O11. The second-order valence-electron chi connectivity index (χ2n) is 29.3. The fraction of sp³-hybridized carbons (Fsp3) is 0.422. The predicted octanol–water partition coefficient (Wildman–Crippen LogP) is 18.6. The average Bonchev–Trinajstić information content (AvgIpc) is 1.31. The smallest absolute Gasteiger partial charge is 0.255 e. The number of benzene rings is 8. The predicted molar refractivity (Wildman–Crippen MR) is 484 cm³/mol. The van der Waals surface area contributed by atoms with Crippen molar-refractivity contribution in [3.63, 3.8) is 0 Å². The molecule has 4 amide bonds. The summed E-state index contributed by atoms with van der Waals surface area (Å²) in [6.07, 6.45) is 6.45. The van der Waals surface area contributed by atoms with E-state index in [-0.39, 0.29) is 79.2 Å². The first kappa shape index (κ1) is 96.0.